The van der Waals surface area contributed by atoms with Crippen LogP contribution >= 0.6 is 23.2 Å². The maximum atomic E-state index is 11.6. The number of ether oxygens (including phenoxy) is 2. The Morgan fingerprint density at radius 1 is 1.22 bits per heavy atom. The fraction of sp³-hybridized carbons (Fsp3) is 0.267. The number of allylic oxidation sites excluding steroid dienone is 1. The molecule has 124 valence electrons. The fourth-order valence-corrected chi connectivity index (χ4v) is 2.14. The molecule has 2 N–H and O–H groups in total. The number of carbonyl (C=O) groups is 2. The van der Waals surface area contributed by atoms with Gasteiger partial charge in [-0.2, -0.15) is 0 Å². The molecule has 1 aromatic rings. The fourth-order valence-electron chi connectivity index (χ4n) is 1.68. The first-order valence-electron chi connectivity index (χ1n) is 6.44. The van der Waals surface area contributed by atoms with Crippen molar-refractivity contribution in [3.05, 3.63) is 39.6 Å². The van der Waals surface area contributed by atoms with Crippen LogP contribution in [0.2, 0.25) is 10.0 Å². The van der Waals surface area contributed by atoms with Gasteiger partial charge in [-0.1, -0.05) is 23.2 Å². The molecule has 1 rings (SSSR count). The SMILES string of the molecule is CC(=N)/C(C(C)=O)=C(/O)COC(=O)COc1ccc(Cl)cc1Cl. The maximum absolute atomic E-state index is 11.6. The van der Waals surface area contributed by atoms with Crippen molar-refractivity contribution in [3.8, 4) is 5.75 Å². The first-order chi connectivity index (χ1) is 10.7. The second-order valence-electron chi connectivity index (χ2n) is 4.53. The Balaban J connectivity index is 2.59. The highest BCUT2D eigenvalue weighted by Crippen LogP contribution is 2.27. The zero-order valence-corrected chi connectivity index (χ0v) is 14.0. The molecule has 0 heterocycles. The van der Waals surface area contributed by atoms with E-state index in [0.29, 0.717) is 5.02 Å². The summed E-state index contributed by atoms with van der Waals surface area (Å²) in [5.41, 5.74) is -0.297. The van der Waals surface area contributed by atoms with Crippen molar-refractivity contribution in [1.29, 1.82) is 5.41 Å². The minimum atomic E-state index is -0.770. The predicted molar refractivity (Wildman–Crippen MR) is 86.7 cm³/mol. The minimum Gasteiger partial charge on any atom is -0.508 e. The van der Waals surface area contributed by atoms with E-state index in [4.69, 9.17) is 38.1 Å². The summed E-state index contributed by atoms with van der Waals surface area (Å²) in [6.45, 7) is 1.59. The average molecular weight is 360 g/mol. The van der Waals surface area contributed by atoms with E-state index in [1.165, 1.54) is 26.0 Å². The zero-order valence-electron chi connectivity index (χ0n) is 12.5. The number of halogens is 2. The second-order valence-corrected chi connectivity index (χ2v) is 5.37. The van der Waals surface area contributed by atoms with Gasteiger partial charge in [0.1, 0.15) is 18.1 Å². The van der Waals surface area contributed by atoms with Crippen molar-refractivity contribution in [2.24, 2.45) is 0 Å². The van der Waals surface area contributed by atoms with Crippen molar-refractivity contribution >= 4 is 40.7 Å². The number of hydrogen-bond acceptors (Lipinski definition) is 6. The smallest absolute Gasteiger partial charge is 0.344 e. The quantitative estimate of drug-likeness (QED) is 0.336. The summed E-state index contributed by atoms with van der Waals surface area (Å²) in [6, 6.07) is 4.51. The number of esters is 1. The molecule has 0 aliphatic carbocycles. The van der Waals surface area contributed by atoms with Crippen LogP contribution in [0.1, 0.15) is 13.8 Å². The third-order valence-electron chi connectivity index (χ3n) is 2.62. The number of benzene rings is 1. The number of aliphatic hydroxyl groups excluding tert-OH is 1. The first kappa shape index (κ1) is 19.0. The van der Waals surface area contributed by atoms with E-state index < -0.39 is 30.7 Å². The Kier molecular flexibility index (Phi) is 7.06. The van der Waals surface area contributed by atoms with Gasteiger partial charge in [-0.3, -0.25) is 4.79 Å². The molecule has 6 nitrogen and oxygen atoms in total. The first-order valence-corrected chi connectivity index (χ1v) is 7.20. The van der Waals surface area contributed by atoms with E-state index in [1.807, 2.05) is 0 Å². The van der Waals surface area contributed by atoms with Gasteiger partial charge in [0.25, 0.3) is 0 Å². The summed E-state index contributed by atoms with van der Waals surface area (Å²) in [4.78, 5) is 22.9. The third kappa shape index (κ3) is 5.92. The molecule has 23 heavy (non-hydrogen) atoms. The van der Waals surface area contributed by atoms with Crippen LogP contribution in [-0.4, -0.2) is 35.8 Å². The summed E-state index contributed by atoms with van der Waals surface area (Å²) in [7, 11) is 0. The van der Waals surface area contributed by atoms with Crippen LogP contribution in [0.25, 0.3) is 0 Å². The highest BCUT2D eigenvalue weighted by Gasteiger charge is 2.15. The van der Waals surface area contributed by atoms with Gasteiger partial charge in [0, 0.05) is 10.7 Å². The molecule has 1 aromatic carbocycles. The number of ketones is 1. The van der Waals surface area contributed by atoms with Gasteiger partial charge in [0.15, 0.2) is 12.4 Å². The van der Waals surface area contributed by atoms with E-state index in [2.05, 4.69) is 0 Å². The number of hydrogen-bond donors (Lipinski definition) is 2. The zero-order chi connectivity index (χ0) is 17.6. The minimum absolute atomic E-state index is 0.116. The van der Waals surface area contributed by atoms with Gasteiger partial charge in [-0.15, -0.1) is 0 Å². The Hall–Kier alpha value is -2.05. The lowest BCUT2D eigenvalue weighted by atomic mass is 10.1. The van der Waals surface area contributed by atoms with Gasteiger partial charge < -0.3 is 20.0 Å². The number of aliphatic hydroxyl groups is 1. The average Bonchev–Trinajstić information content (AvgIpc) is 2.43. The summed E-state index contributed by atoms with van der Waals surface area (Å²) >= 11 is 11.6. The molecule has 0 saturated carbocycles. The molecular weight excluding hydrogens is 345 g/mol. The lowest BCUT2D eigenvalue weighted by Crippen LogP contribution is -2.19. The molecule has 0 unspecified atom stereocenters. The van der Waals surface area contributed by atoms with Crippen LogP contribution < -0.4 is 4.74 Å². The van der Waals surface area contributed by atoms with E-state index in [0.717, 1.165) is 0 Å². The molecule has 0 amide bonds. The summed E-state index contributed by atoms with van der Waals surface area (Å²) in [5.74, 6) is -1.49. The maximum Gasteiger partial charge on any atom is 0.344 e. The lowest BCUT2D eigenvalue weighted by Gasteiger charge is -2.10. The molecule has 0 saturated heterocycles. The van der Waals surface area contributed by atoms with Gasteiger partial charge in [0.05, 0.1) is 10.6 Å². The van der Waals surface area contributed by atoms with Crippen molar-refractivity contribution in [2.45, 2.75) is 13.8 Å². The molecule has 0 aliphatic heterocycles. The van der Waals surface area contributed by atoms with Crippen LogP contribution in [0.5, 0.6) is 5.75 Å². The Bertz CT molecular complexity index is 654. The molecule has 0 atom stereocenters. The molecule has 0 bridgehead atoms. The molecular formula is C15H15Cl2NO5. The Morgan fingerprint density at radius 2 is 1.87 bits per heavy atom. The van der Waals surface area contributed by atoms with Crippen LogP contribution in [0.15, 0.2) is 29.5 Å². The molecule has 0 fully saturated rings. The highest BCUT2D eigenvalue weighted by molar-refractivity contribution is 6.35. The monoisotopic (exact) mass is 359 g/mol. The number of Topliss-reactive ketones (excluding diaryl/α,β-unsaturated/α-hetero) is 1. The van der Waals surface area contributed by atoms with Crippen LogP contribution in [-0.2, 0) is 14.3 Å². The van der Waals surface area contributed by atoms with Gasteiger partial charge in [-0.05, 0) is 32.0 Å². The summed E-state index contributed by atoms with van der Waals surface area (Å²) in [5, 5.41) is 17.8. The van der Waals surface area contributed by atoms with Crippen molar-refractivity contribution in [3.63, 3.8) is 0 Å². The second kappa shape index (κ2) is 8.55. The normalized spacial score (nSPS) is 11.5. The van der Waals surface area contributed by atoms with E-state index in [9.17, 15) is 14.7 Å². The van der Waals surface area contributed by atoms with Gasteiger partial charge in [-0.25, -0.2) is 4.79 Å². The highest BCUT2D eigenvalue weighted by atomic mass is 35.5. The van der Waals surface area contributed by atoms with Crippen molar-refractivity contribution in [2.75, 3.05) is 13.2 Å². The Labute approximate surface area is 143 Å². The van der Waals surface area contributed by atoms with Gasteiger partial charge in [0.2, 0.25) is 0 Å². The van der Waals surface area contributed by atoms with Crippen molar-refractivity contribution < 1.29 is 24.2 Å². The summed E-state index contributed by atoms with van der Waals surface area (Å²) < 4.78 is 9.95. The summed E-state index contributed by atoms with van der Waals surface area (Å²) in [6.07, 6.45) is 0. The van der Waals surface area contributed by atoms with E-state index in [1.54, 1.807) is 6.07 Å². The molecule has 0 spiro atoms. The van der Waals surface area contributed by atoms with Crippen LogP contribution in [0.4, 0.5) is 0 Å². The van der Waals surface area contributed by atoms with Crippen LogP contribution in [0.3, 0.4) is 0 Å². The molecule has 0 radical (unpaired) electrons. The van der Waals surface area contributed by atoms with Crippen LogP contribution in [0, 0.1) is 5.41 Å². The van der Waals surface area contributed by atoms with E-state index >= 15 is 0 Å². The predicted octanol–water partition coefficient (Wildman–Crippen LogP) is 3.36. The van der Waals surface area contributed by atoms with Crippen molar-refractivity contribution in [1.82, 2.24) is 0 Å². The van der Waals surface area contributed by atoms with E-state index in [-0.39, 0.29) is 22.1 Å². The number of nitrogens with one attached hydrogen (secondary N) is 1. The molecule has 0 aliphatic rings. The number of carbonyl (C=O) groups excluding carboxylic acids is 2. The lowest BCUT2D eigenvalue weighted by molar-refractivity contribution is -0.145. The largest absolute Gasteiger partial charge is 0.508 e. The standard InChI is InChI=1S/C15H15Cl2NO5/c1-8(18)15(9(2)19)12(20)6-23-14(21)7-22-13-4-3-10(16)5-11(13)17/h3-5,18,20H,6-7H2,1-2H3/b15-12-,18-8?. The Morgan fingerprint density at radius 3 is 2.39 bits per heavy atom. The third-order valence-corrected chi connectivity index (χ3v) is 3.16. The molecule has 0 aromatic heterocycles. The number of rotatable bonds is 7. The topological polar surface area (TPSA) is 96.7 Å². The van der Waals surface area contributed by atoms with Gasteiger partial charge >= 0.3 is 5.97 Å². The molecule has 8 heteroatoms.